The average molecular weight is 282 g/mol. The molecule has 2 aromatic rings. The van der Waals surface area contributed by atoms with Gasteiger partial charge in [0.2, 0.25) is 0 Å². The fraction of sp³-hybridized carbons (Fsp3) is 0.526. The van der Waals surface area contributed by atoms with Crippen LogP contribution in [-0.4, -0.2) is 11.0 Å². The van der Waals surface area contributed by atoms with Crippen molar-refractivity contribution in [1.82, 2.24) is 10.3 Å². The van der Waals surface area contributed by atoms with Crippen LogP contribution in [0.1, 0.15) is 51.0 Å². The zero-order valence-corrected chi connectivity index (χ0v) is 13.0. The molecule has 1 atom stereocenters. The van der Waals surface area contributed by atoms with Crippen LogP contribution in [0.3, 0.4) is 0 Å². The van der Waals surface area contributed by atoms with Gasteiger partial charge in [-0.05, 0) is 49.4 Å². The minimum atomic E-state index is 0.618. The summed E-state index contributed by atoms with van der Waals surface area (Å²) < 4.78 is 0. The molecule has 1 aromatic carbocycles. The first-order chi connectivity index (χ1) is 10.3. The van der Waals surface area contributed by atoms with Gasteiger partial charge in [-0.3, -0.25) is 4.98 Å². The summed E-state index contributed by atoms with van der Waals surface area (Å²) in [6.07, 6.45) is 10.3. The highest BCUT2D eigenvalue weighted by atomic mass is 14.9. The second kappa shape index (κ2) is 7.04. The lowest BCUT2D eigenvalue weighted by atomic mass is 9.93. The first-order valence-corrected chi connectivity index (χ1v) is 8.40. The fourth-order valence-corrected chi connectivity index (χ4v) is 3.49. The molecule has 3 rings (SSSR count). The van der Waals surface area contributed by atoms with Crippen LogP contribution in [0.25, 0.3) is 10.9 Å². The summed E-state index contributed by atoms with van der Waals surface area (Å²) in [5, 5.41) is 4.98. The van der Waals surface area contributed by atoms with E-state index in [4.69, 9.17) is 0 Å². The molecule has 1 aliphatic rings. The van der Waals surface area contributed by atoms with Gasteiger partial charge in [0, 0.05) is 24.2 Å². The van der Waals surface area contributed by atoms with Gasteiger partial charge in [0.05, 0.1) is 5.52 Å². The van der Waals surface area contributed by atoms with E-state index in [0.29, 0.717) is 6.04 Å². The molecule has 1 aromatic heterocycles. The molecular formula is C19H26N2. The highest BCUT2D eigenvalue weighted by Gasteiger charge is 2.18. The molecule has 0 saturated heterocycles. The van der Waals surface area contributed by atoms with Crippen LogP contribution in [0.5, 0.6) is 0 Å². The number of hydrogen-bond acceptors (Lipinski definition) is 2. The smallest absolute Gasteiger partial charge is 0.0702 e. The van der Waals surface area contributed by atoms with Gasteiger partial charge in [-0.2, -0.15) is 0 Å². The van der Waals surface area contributed by atoms with Crippen LogP contribution in [0.4, 0.5) is 0 Å². The number of pyridine rings is 1. The van der Waals surface area contributed by atoms with Crippen molar-refractivity contribution in [2.45, 2.75) is 58.0 Å². The second-order valence-corrected chi connectivity index (χ2v) is 6.45. The third-order valence-corrected chi connectivity index (χ3v) is 4.90. The molecule has 0 amide bonds. The largest absolute Gasteiger partial charge is 0.310 e. The summed E-state index contributed by atoms with van der Waals surface area (Å²) in [5.41, 5.74) is 2.44. The Balaban J connectivity index is 1.60. The number of rotatable bonds is 4. The molecule has 1 aliphatic carbocycles. The summed E-state index contributed by atoms with van der Waals surface area (Å²) in [7, 11) is 0. The van der Waals surface area contributed by atoms with Gasteiger partial charge >= 0.3 is 0 Å². The SMILES string of the molecule is C[C@H](NCc1ccc2ncccc2c1)C1CCCCCC1. The lowest BCUT2D eigenvalue weighted by molar-refractivity contribution is 0.337. The Bertz CT molecular complexity index is 571. The third kappa shape index (κ3) is 3.82. The van der Waals surface area contributed by atoms with E-state index in [1.165, 1.54) is 49.5 Å². The zero-order valence-electron chi connectivity index (χ0n) is 13.0. The highest BCUT2D eigenvalue weighted by Crippen LogP contribution is 2.25. The Morgan fingerprint density at radius 2 is 1.95 bits per heavy atom. The molecule has 0 spiro atoms. The standard InChI is InChI=1S/C19H26N2/c1-15(17-7-4-2-3-5-8-17)21-14-16-10-11-19-18(13-16)9-6-12-20-19/h6,9-13,15,17,21H,2-5,7-8,14H2,1H3/t15-/m0/s1. The van der Waals surface area contributed by atoms with Crippen molar-refractivity contribution in [2.75, 3.05) is 0 Å². The molecule has 112 valence electrons. The van der Waals surface area contributed by atoms with Gasteiger partial charge in [-0.25, -0.2) is 0 Å². The minimum absolute atomic E-state index is 0.618. The molecule has 1 heterocycles. The number of hydrogen-bond donors (Lipinski definition) is 1. The van der Waals surface area contributed by atoms with Crippen molar-refractivity contribution in [3.63, 3.8) is 0 Å². The number of nitrogens with zero attached hydrogens (tertiary/aromatic N) is 1. The molecule has 1 N–H and O–H groups in total. The van der Waals surface area contributed by atoms with Crippen LogP contribution >= 0.6 is 0 Å². The number of benzene rings is 1. The van der Waals surface area contributed by atoms with Crippen LogP contribution in [0.2, 0.25) is 0 Å². The van der Waals surface area contributed by atoms with Crippen LogP contribution in [0, 0.1) is 5.92 Å². The average Bonchev–Trinajstić information content (AvgIpc) is 2.81. The number of aromatic nitrogens is 1. The normalized spacial score (nSPS) is 18.5. The van der Waals surface area contributed by atoms with Gasteiger partial charge in [-0.15, -0.1) is 0 Å². The Labute approximate surface area is 128 Å². The third-order valence-electron chi connectivity index (χ3n) is 4.90. The minimum Gasteiger partial charge on any atom is -0.310 e. The summed E-state index contributed by atoms with van der Waals surface area (Å²) >= 11 is 0. The van der Waals surface area contributed by atoms with E-state index in [9.17, 15) is 0 Å². The fourth-order valence-electron chi connectivity index (χ4n) is 3.49. The Morgan fingerprint density at radius 3 is 2.76 bits per heavy atom. The lowest BCUT2D eigenvalue weighted by Gasteiger charge is -2.23. The summed E-state index contributed by atoms with van der Waals surface area (Å²) in [4.78, 5) is 4.38. The summed E-state index contributed by atoms with van der Waals surface area (Å²) in [6, 6.07) is 11.3. The van der Waals surface area contributed by atoms with Crippen LogP contribution < -0.4 is 5.32 Å². The Morgan fingerprint density at radius 1 is 1.14 bits per heavy atom. The van der Waals surface area contributed by atoms with E-state index in [1.54, 1.807) is 0 Å². The van der Waals surface area contributed by atoms with Crippen molar-refractivity contribution in [3.8, 4) is 0 Å². The summed E-state index contributed by atoms with van der Waals surface area (Å²) in [6.45, 7) is 3.32. The highest BCUT2D eigenvalue weighted by molar-refractivity contribution is 5.78. The van der Waals surface area contributed by atoms with Crippen LogP contribution in [0.15, 0.2) is 36.5 Å². The number of nitrogens with one attached hydrogen (secondary N) is 1. The van der Waals surface area contributed by atoms with Crippen molar-refractivity contribution < 1.29 is 0 Å². The van der Waals surface area contributed by atoms with E-state index in [2.05, 4.69) is 41.5 Å². The first-order valence-electron chi connectivity index (χ1n) is 8.40. The topological polar surface area (TPSA) is 24.9 Å². The maximum Gasteiger partial charge on any atom is 0.0702 e. The molecule has 0 unspecified atom stereocenters. The van der Waals surface area contributed by atoms with Crippen molar-refractivity contribution in [1.29, 1.82) is 0 Å². The lowest BCUT2D eigenvalue weighted by Crippen LogP contribution is -2.32. The van der Waals surface area contributed by atoms with Crippen molar-refractivity contribution in [2.24, 2.45) is 5.92 Å². The van der Waals surface area contributed by atoms with Gasteiger partial charge < -0.3 is 5.32 Å². The molecule has 0 aliphatic heterocycles. The molecule has 1 saturated carbocycles. The quantitative estimate of drug-likeness (QED) is 0.823. The molecule has 2 nitrogen and oxygen atoms in total. The molecular weight excluding hydrogens is 256 g/mol. The first kappa shape index (κ1) is 14.5. The van der Waals surface area contributed by atoms with E-state index >= 15 is 0 Å². The van der Waals surface area contributed by atoms with E-state index in [0.717, 1.165) is 18.0 Å². The predicted octanol–water partition coefficient (Wildman–Crippen LogP) is 4.68. The Kier molecular flexibility index (Phi) is 4.87. The van der Waals surface area contributed by atoms with Crippen LogP contribution in [-0.2, 0) is 6.54 Å². The van der Waals surface area contributed by atoms with Gasteiger partial charge in [-0.1, -0.05) is 37.8 Å². The van der Waals surface area contributed by atoms with Crippen molar-refractivity contribution >= 4 is 10.9 Å². The molecule has 2 heteroatoms. The van der Waals surface area contributed by atoms with E-state index in [1.807, 2.05) is 12.3 Å². The maximum atomic E-state index is 4.38. The molecule has 0 radical (unpaired) electrons. The Hall–Kier alpha value is -1.41. The molecule has 1 fully saturated rings. The predicted molar refractivity (Wildman–Crippen MR) is 89.2 cm³/mol. The molecule has 21 heavy (non-hydrogen) atoms. The zero-order chi connectivity index (χ0) is 14.5. The second-order valence-electron chi connectivity index (χ2n) is 6.45. The monoisotopic (exact) mass is 282 g/mol. The van der Waals surface area contributed by atoms with Gasteiger partial charge in [0.1, 0.15) is 0 Å². The van der Waals surface area contributed by atoms with E-state index in [-0.39, 0.29) is 0 Å². The molecule has 0 bridgehead atoms. The van der Waals surface area contributed by atoms with Gasteiger partial charge in [0.25, 0.3) is 0 Å². The van der Waals surface area contributed by atoms with E-state index < -0.39 is 0 Å². The number of fused-ring (bicyclic) bond motifs is 1. The summed E-state index contributed by atoms with van der Waals surface area (Å²) in [5.74, 6) is 0.856. The maximum absolute atomic E-state index is 4.38. The van der Waals surface area contributed by atoms with Crippen molar-refractivity contribution in [3.05, 3.63) is 42.1 Å². The van der Waals surface area contributed by atoms with Gasteiger partial charge in [0.15, 0.2) is 0 Å².